The molecule has 0 atom stereocenters. The SMILES string of the molecule is COCCN(CCC#N)C(=O)c1cc(C(=O)O)on1. The van der Waals surface area contributed by atoms with E-state index in [1.807, 2.05) is 6.07 Å². The van der Waals surface area contributed by atoms with Crippen LogP contribution in [0.2, 0.25) is 0 Å². The third-order valence-corrected chi connectivity index (χ3v) is 2.29. The van der Waals surface area contributed by atoms with Gasteiger partial charge in [0.05, 0.1) is 19.1 Å². The Bertz CT molecular complexity index is 491. The molecular formula is C11H13N3O5. The molecule has 1 amide bonds. The fourth-order valence-electron chi connectivity index (χ4n) is 1.34. The van der Waals surface area contributed by atoms with Crippen LogP contribution in [0.1, 0.15) is 27.5 Å². The molecule has 0 aliphatic carbocycles. The Hall–Kier alpha value is -2.40. The molecule has 8 nitrogen and oxygen atoms in total. The number of carboxylic acid groups (broad SMARTS) is 1. The van der Waals surface area contributed by atoms with E-state index < -0.39 is 17.6 Å². The van der Waals surface area contributed by atoms with Gasteiger partial charge in [0.1, 0.15) is 0 Å². The minimum Gasteiger partial charge on any atom is -0.475 e. The fourth-order valence-corrected chi connectivity index (χ4v) is 1.34. The molecule has 1 N–H and O–H groups in total. The average molecular weight is 267 g/mol. The predicted octanol–water partition coefficient (Wildman–Crippen LogP) is 0.375. The van der Waals surface area contributed by atoms with E-state index in [0.717, 1.165) is 6.07 Å². The lowest BCUT2D eigenvalue weighted by atomic mass is 10.3. The van der Waals surface area contributed by atoms with Crippen LogP contribution < -0.4 is 0 Å². The van der Waals surface area contributed by atoms with Crippen LogP contribution in [0.4, 0.5) is 0 Å². The van der Waals surface area contributed by atoms with E-state index in [2.05, 4.69) is 9.68 Å². The van der Waals surface area contributed by atoms with E-state index in [4.69, 9.17) is 15.1 Å². The van der Waals surface area contributed by atoms with E-state index in [-0.39, 0.29) is 25.2 Å². The van der Waals surface area contributed by atoms with Crippen LogP contribution in [0.25, 0.3) is 0 Å². The van der Waals surface area contributed by atoms with Crippen molar-refractivity contribution in [1.82, 2.24) is 10.1 Å². The van der Waals surface area contributed by atoms with Gasteiger partial charge in [-0.25, -0.2) is 4.79 Å². The van der Waals surface area contributed by atoms with Crippen molar-refractivity contribution in [3.05, 3.63) is 17.5 Å². The number of carboxylic acids is 1. The quantitative estimate of drug-likeness (QED) is 0.758. The van der Waals surface area contributed by atoms with Gasteiger partial charge < -0.3 is 19.3 Å². The van der Waals surface area contributed by atoms with E-state index >= 15 is 0 Å². The molecule has 1 aromatic heterocycles. The predicted molar refractivity (Wildman–Crippen MR) is 61.5 cm³/mol. The standard InChI is InChI=1S/C11H13N3O5/c1-18-6-5-14(4-2-3-12)10(15)8-7-9(11(16)17)19-13-8/h7H,2,4-6H2,1H3,(H,16,17). The van der Waals surface area contributed by atoms with Crippen molar-refractivity contribution in [1.29, 1.82) is 5.26 Å². The molecule has 0 aliphatic heterocycles. The summed E-state index contributed by atoms with van der Waals surface area (Å²) in [4.78, 5) is 24.0. The number of aromatic carboxylic acids is 1. The molecule has 0 spiro atoms. The van der Waals surface area contributed by atoms with Crippen LogP contribution in [0.15, 0.2) is 10.6 Å². The van der Waals surface area contributed by atoms with E-state index in [9.17, 15) is 9.59 Å². The van der Waals surface area contributed by atoms with Crippen LogP contribution in [0.3, 0.4) is 0 Å². The van der Waals surface area contributed by atoms with Crippen molar-refractivity contribution in [2.24, 2.45) is 0 Å². The Balaban J connectivity index is 2.78. The molecule has 19 heavy (non-hydrogen) atoms. The maximum Gasteiger partial charge on any atom is 0.374 e. The third-order valence-electron chi connectivity index (χ3n) is 2.29. The van der Waals surface area contributed by atoms with Crippen molar-refractivity contribution >= 4 is 11.9 Å². The van der Waals surface area contributed by atoms with E-state index in [0.29, 0.717) is 6.61 Å². The lowest BCUT2D eigenvalue weighted by Crippen LogP contribution is -2.34. The van der Waals surface area contributed by atoms with Crippen LogP contribution in [0, 0.1) is 11.3 Å². The number of aromatic nitrogens is 1. The molecule has 1 aromatic rings. The molecule has 0 unspecified atom stereocenters. The highest BCUT2D eigenvalue weighted by Gasteiger charge is 2.21. The summed E-state index contributed by atoms with van der Waals surface area (Å²) in [5, 5.41) is 20.6. The van der Waals surface area contributed by atoms with Crippen LogP contribution >= 0.6 is 0 Å². The lowest BCUT2D eigenvalue weighted by molar-refractivity contribution is 0.0645. The Morgan fingerprint density at radius 3 is 2.84 bits per heavy atom. The first-order valence-electron chi connectivity index (χ1n) is 5.45. The van der Waals surface area contributed by atoms with Gasteiger partial charge in [0.2, 0.25) is 5.76 Å². The maximum atomic E-state index is 12.0. The summed E-state index contributed by atoms with van der Waals surface area (Å²) < 4.78 is 9.38. The first kappa shape index (κ1) is 14.7. The number of hydrogen-bond acceptors (Lipinski definition) is 6. The molecule has 102 valence electrons. The van der Waals surface area contributed by atoms with Gasteiger partial charge in [-0.1, -0.05) is 5.16 Å². The van der Waals surface area contributed by atoms with Crippen LogP contribution in [0.5, 0.6) is 0 Å². The number of rotatable bonds is 7. The van der Waals surface area contributed by atoms with Crippen molar-refractivity contribution in [3.8, 4) is 6.07 Å². The highest BCUT2D eigenvalue weighted by Crippen LogP contribution is 2.07. The number of ether oxygens (including phenoxy) is 1. The smallest absolute Gasteiger partial charge is 0.374 e. The molecule has 0 fully saturated rings. The van der Waals surface area contributed by atoms with Gasteiger partial charge in [-0.05, 0) is 0 Å². The minimum atomic E-state index is -1.30. The van der Waals surface area contributed by atoms with E-state index in [1.54, 1.807) is 0 Å². The second-order valence-corrected chi connectivity index (χ2v) is 3.57. The minimum absolute atomic E-state index is 0.105. The summed E-state index contributed by atoms with van der Waals surface area (Å²) >= 11 is 0. The van der Waals surface area contributed by atoms with Crippen molar-refractivity contribution in [2.45, 2.75) is 6.42 Å². The molecule has 1 heterocycles. The van der Waals surface area contributed by atoms with Crippen molar-refractivity contribution < 1.29 is 24.0 Å². The number of nitriles is 1. The highest BCUT2D eigenvalue weighted by molar-refractivity contribution is 5.94. The van der Waals surface area contributed by atoms with Crippen LogP contribution in [-0.4, -0.2) is 53.8 Å². The number of carbonyl (C=O) groups excluding carboxylic acids is 1. The third kappa shape index (κ3) is 4.08. The van der Waals surface area contributed by atoms with Gasteiger partial charge in [0, 0.05) is 26.3 Å². The topological polar surface area (TPSA) is 117 Å². The molecule has 0 aliphatic rings. The average Bonchev–Trinajstić information content (AvgIpc) is 2.88. The highest BCUT2D eigenvalue weighted by atomic mass is 16.5. The molecule has 0 saturated carbocycles. The summed E-state index contributed by atoms with van der Waals surface area (Å²) in [7, 11) is 1.49. The first-order chi connectivity index (χ1) is 9.10. The largest absolute Gasteiger partial charge is 0.475 e. The normalized spacial score (nSPS) is 9.89. The van der Waals surface area contributed by atoms with Crippen molar-refractivity contribution in [2.75, 3.05) is 26.8 Å². The molecular weight excluding hydrogens is 254 g/mol. The number of hydrogen-bond donors (Lipinski definition) is 1. The van der Waals surface area contributed by atoms with Gasteiger partial charge in [-0.2, -0.15) is 5.26 Å². The van der Waals surface area contributed by atoms with Crippen molar-refractivity contribution in [3.63, 3.8) is 0 Å². The second-order valence-electron chi connectivity index (χ2n) is 3.57. The lowest BCUT2D eigenvalue weighted by Gasteiger charge is -2.19. The number of amides is 1. The first-order valence-corrected chi connectivity index (χ1v) is 5.45. The monoisotopic (exact) mass is 267 g/mol. The molecule has 8 heteroatoms. The summed E-state index contributed by atoms with van der Waals surface area (Å²) in [5.74, 6) is -2.20. The Morgan fingerprint density at radius 2 is 2.32 bits per heavy atom. The number of nitrogens with zero attached hydrogens (tertiary/aromatic N) is 3. The summed E-state index contributed by atoms with van der Waals surface area (Å²) in [5.41, 5.74) is -0.105. The summed E-state index contributed by atoms with van der Waals surface area (Å²) in [6.07, 6.45) is 0.166. The van der Waals surface area contributed by atoms with E-state index in [1.165, 1.54) is 12.0 Å². The zero-order valence-electron chi connectivity index (χ0n) is 10.3. The van der Waals surface area contributed by atoms with Gasteiger partial charge >= 0.3 is 5.97 Å². The molecule has 0 aromatic carbocycles. The van der Waals surface area contributed by atoms with Gasteiger partial charge in [-0.3, -0.25) is 4.79 Å². The van der Waals surface area contributed by atoms with Gasteiger partial charge in [0.15, 0.2) is 5.69 Å². The zero-order chi connectivity index (χ0) is 14.3. The van der Waals surface area contributed by atoms with Gasteiger partial charge in [-0.15, -0.1) is 0 Å². The van der Waals surface area contributed by atoms with Gasteiger partial charge in [0.25, 0.3) is 5.91 Å². The summed E-state index contributed by atoms with van der Waals surface area (Å²) in [6.45, 7) is 0.807. The zero-order valence-corrected chi connectivity index (χ0v) is 10.3. The summed E-state index contributed by atoms with van der Waals surface area (Å²) in [6, 6.07) is 2.98. The Kier molecular flexibility index (Phi) is 5.50. The number of carbonyl (C=O) groups is 2. The molecule has 0 bridgehead atoms. The Morgan fingerprint density at radius 1 is 1.58 bits per heavy atom. The molecule has 0 radical (unpaired) electrons. The Labute approximate surface area is 109 Å². The fraction of sp³-hybridized carbons (Fsp3) is 0.455. The number of methoxy groups -OCH3 is 1. The molecule has 0 saturated heterocycles. The van der Waals surface area contributed by atoms with Crippen LogP contribution in [-0.2, 0) is 4.74 Å². The maximum absolute atomic E-state index is 12.0. The second kappa shape index (κ2) is 7.13. The molecule has 1 rings (SSSR count).